The minimum atomic E-state index is -0.940. The van der Waals surface area contributed by atoms with Gasteiger partial charge in [-0.15, -0.1) is 0 Å². The maximum absolute atomic E-state index is 11.4. The van der Waals surface area contributed by atoms with Crippen LogP contribution in [0.2, 0.25) is 0 Å². The summed E-state index contributed by atoms with van der Waals surface area (Å²) in [6, 6.07) is 14.7. The quantitative estimate of drug-likeness (QED) is 0.680. The number of carbonyl (C=O) groups is 1. The normalized spacial score (nSPS) is 11.2. The van der Waals surface area contributed by atoms with Crippen LogP contribution in [0.1, 0.15) is 16.7 Å². The Morgan fingerprint density at radius 3 is 2.15 bits per heavy atom. The predicted molar refractivity (Wildman–Crippen MR) is 79.7 cm³/mol. The zero-order valence-electron chi connectivity index (χ0n) is 11.5. The van der Waals surface area contributed by atoms with Crippen molar-refractivity contribution in [3.05, 3.63) is 65.2 Å². The second kappa shape index (κ2) is 6.06. The summed E-state index contributed by atoms with van der Waals surface area (Å²) in [6.07, 6.45) is 1.66. The Bertz CT molecular complexity index is 622. The molecule has 2 aromatic rings. The average Bonchev–Trinajstić information content (AvgIpc) is 2.46. The Morgan fingerprint density at radius 2 is 1.65 bits per heavy atom. The summed E-state index contributed by atoms with van der Waals surface area (Å²) in [6.45, 7) is 1.97. The van der Waals surface area contributed by atoms with Crippen molar-refractivity contribution in [2.45, 2.75) is 6.92 Å². The van der Waals surface area contributed by atoms with Crippen LogP contribution in [-0.2, 0) is 4.79 Å². The number of aliphatic carboxylic acids is 1. The van der Waals surface area contributed by atoms with Crippen molar-refractivity contribution in [3.8, 4) is 5.75 Å². The van der Waals surface area contributed by atoms with E-state index in [2.05, 4.69) is 0 Å². The van der Waals surface area contributed by atoms with Gasteiger partial charge in [0.25, 0.3) is 0 Å². The highest BCUT2D eigenvalue weighted by Gasteiger charge is 2.10. The smallest absolute Gasteiger partial charge is 0.336 e. The first-order chi connectivity index (χ1) is 9.60. The number of carboxylic acids is 1. The number of methoxy groups -OCH3 is 1. The van der Waals surface area contributed by atoms with E-state index < -0.39 is 5.97 Å². The molecule has 0 heterocycles. The number of ether oxygens (including phenoxy) is 1. The number of carboxylic acid groups (broad SMARTS) is 1. The molecule has 0 amide bonds. The fraction of sp³-hybridized carbons (Fsp3) is 0.118. The van der Waals surface area contributed by atoms with Crippen LogP contribution in [0.3, 0.4) is 0 Å². The molecule has 0 spiro atoms. The molecular formula is C17H16O3. The van der Waals surface area contributed by atoms with Gasteiger partial charge in [-0.3, -0.25) is 0 Å². The molecule has 0 aliphatic heterocycles. The number of benzene rings is 2. The lowest BCUT2D eigenvalue weighted by Gasteiger charge is -2.05. The molecule has 3 nitrogen and oxygen atoms in total. The lowest BCUT2D eigenvalue weighted by atomic mass is 10.0. The summed E-state index contributed by atoms with van der Waals surface area (Å²) in [7, 11) is 1.60. The standard InChI is InChI=1S/C17H16O3/c1-12-3-7-14(8-4-12)16(17(18)19)11-13-5-9-15(20-2)10-6-13/h3-11H,1-2H3,(H,18,19)/b16-11+. The second-order valence-corrected chi connectivity index (χ2v) is 4.50. The van der Waals surface area contributed by atoms with Crippen LogP contribution in [0.15, 0.2) is 48.5 Å². The largest absolute Gasteiger partial charge is 0.497 e. The van der Waals surface area contributed by atoms with Crippen LogP contribution in [0.5, 0.6) is 5.75 Å². The van der Waals surface area contributed by atoms with Crippen molar-refractivity contribution < 1.29 is 14.6 Å². The molecular weight excluding hydrogens is 252 g/mol. The maximum Gasteiger partial charge on any atom is 0.336 e. The highest BCUT2D eigenvalue weighted by Crippen LogP contribution is 2.20. The molecule has 0 unspecified atom stereocenters. The number of hydrogen-bond acceptors (Lipinski definition) is 2. The van der Waals surface area contributed by atoms with E-state index in [1.165, 1.54) is 0 Å². The van der Waals surface area contributed by atoms with Gasteiger partial charge in [0.05, 0.1) is 12.7 Å². The zero-order chi connectivity index (χ0) is 14.5. The minimum absolute atomic E-state index is 0.273. The van der Waals surface area contributed by atoms with Gasteiger partial charge in [0.2, 0.25) is 0 Å². The lowest BCUT2D eigenvalue weighted by Crippen LogP contribution is -1.99. The van der Waals surface area contributed by atoms with E-state index in [1.807, 2.05) is 43.3 Å². The molecule has 102 valence electrons. The van der Waals surface area contributed by atoms with Crippen LogP contribution >= 0.6 is 0 Å². The molecule has 1 N–H and O–H groups in total. The third kappa shape index (κ3) is 3.26. The summed E-state index contributed by atoms with van der Waals surface area (Å²) >= 11 is 0. The number of rotatable bonds is 4. The molecule has 2 rings (SSSR count). The van der Waals surface area contributed by atoms with Gasteiger partial charge in [-0.25, -0.2) is 4.79 Å². The van der Waals surface area contributed by atoms with Crippen molar-refractivity contribution in [2.24, 2.45) is 0 Å². The Morgan fingerprint density at radius 1 is 1.05 bits per heavy atom. The molecule has 3 heteroatoms. The van der Waals surface area contributed by atoms with E-state index >= 15 is 0 Å². The molecule has 0 saturated carbocycles. The van der Waals surface area contributed by atoms with Crippen LogP contribution in [0.4, 0.5) is 0 Å². The summed E-state index contributed by atoms with van der Waals surface area (Å²) in [5.74, 6) is -0.195. The van der Waals surface area contributed by atoms with Gasteiger partial charge in [0.1, 0.15) is 5.75 Å². The van der Waals surface area contributed by atoms with Gasteiger partial charge >= 0.3 is 5.97 Å². The van der Waals surface area contributed by atoms with E-state index in [4.69, 9.17) is 4.74 Å². The molecule has 20 heavy (non-hydrogen) atoms. The summed E-state index contributed by atoms with van der Waals surface area (Å²) in [5.41, 5.74) is 2.89. The van der Waals surface area contributed by atoms with Gasteiger partial charge in [0, 0.05) is 0 Å². The molecule has 0 atom stereocenters. The van der Waals surface area contributed by atoms with Gasteiger partial charge < -0.3 is 9.84 Å². The lowest BCUT2D eigenvalue weighted by molar-refractivity contribution is -0.130. The Balaban J connectivity index is 2.39. The van der Waals surface area contributed by atoms with E-state index in [0.717, 1.165) is 16.9 Å². The van der Waals surface area contributed by atoms with Crippen molar-refractivity contribution >= 4 is 17.6 Å². The first-order valence-electron chi connectivity index (χ1n) is 6.26. The Labute approximate surface area is 118 Å². The Kier molecular flexibility index (Phi) is 4.20. The van der Waals surface area contributed by atoms with E-state index in [1.54, 1.807) is 25.3 Å². The van der Waals surface area contributed by atoms with Crippen LogP contribution in [-0.4, -0.2) is 18.2 Å². The molecule has 0 aliphatic carbocycles. The van der Waals surface area contributed by atoms with Gasteiger partial charge in [-0.1, -0.05) is 42.0 Å². The molecule has 0 saturated heterocycles. The van der Waals surface area contributed by atoms with Gasteiger partial charge in [0.15, 0.2) is 0 Å². The molecule has 0 aromatic heterocycles. The summed E-state index contributed by atoms with van der Waals surface area (Å²) in [4.78, 5) is 11.4. The van der Waals surface area contributed by atoms with E-state index in [0.29, 0.717) is 5.56 Å². The van der Waals surface area contributed by atoms with Crippen LogP contribution < -0.4 is 4.74 Å². The first-order valence-corrected chi connectivity index (χ1v) is 6.26. The van der Waals surface area contributed by atoms with Crippen molar-refractivity contribution in [1.29, 1.82) is 0 Å². The minimum Gasteiger partial charge on any atom is -0.497 e. The fourth-order valence-corrected chi connectivity index (χ4v) is 1.87. The van der Waals surface area contributed by atoms with E-state index in [9.17, 15) is 9.90 Å². The zero-order valence-corrected chi connectivity index (χ0v) is 11.5. The third-order valence-electron chi connectivity index (χ3n) is 3.02. The highest BCUT2D eigenvalue weighted by atomic mass is 16.5. The van der Waals surface area contributed by atoms with E-state index in [-0.39, 0.29) is 5.57 Å². The monoisotopic (exact) mass is 268 g/mol. The average molecular weight is 268 g/mol. The predicted octanol–water partition coefficient (Wildman–Crippen LogP) is 3.63. The molecule has 2 aromatic carbocycles. The molecule has 0 aliphatic rings. The summed E-state index contributed by atoms with van der Waals surface area (Å²) < 4.78 is 5.08. The number of aryl methyl sites for hydroxylation is 1. The Hall–Kier alpha value is -2.55. The first kappa shape index (κ1) is 13.9. The summed E-state index contributed by atoms with van der Waals surface area (Å²) in [5, 5.41) is 9.37. The van der Waals surface area contributed by atoms with Gasteiger partial charge in [-0.05, 0) is 36.3 Å². The van der Waals surface area contributed by atoms with Crippen molar-refractivity contribution in [1.82, 2.24) is 0 Å². The second-order valence-electron chi connectivity index (χ2n) is 4.50. The number of hydrogen-bond donors (Lipinski definition) is 1. The fourth-order valence-electron chi connectivity index (χ4n) is 1.87. The highest BCUT2D eigenvalue weighted by molar-refractivity contribution is 6.20. The van der Waals surface area contributed by atoms with Crippen molar-refractivity contribution in [3.63, 3.8) is 0 Å². The van der Waals surface area contributed by atoms with Crippen LogP contribution in [0.25, 0.3) is 11.6 Å². The van der Waals surface area contributed by atoms with Crippen LogP contribution in [0, 0.1) is 6.92 Å². The molecule has 0 bridgehead atoms. The van der Waals surface area contributed by atoms with Crippen molar-refractivity contribution in [2.75, 3.05) is 7.11 Å². The molecule has 0 radical (unpaired) electrons. The third-order valence-corrected chi connectivity index (χ3v) is 3.02. The maximum atomic E-state index is 11.4. The van der Waals surface area contributed by atoms with Gasteiger partial charge in [-0.2, -0.15) is 0 Å². The topological polar surface area (TPSA) is 46.5 Å². The molecule has 0 fully saturated rings. The SMILES string of the molecule is COc1ccc(/C=C(/C(=O)O)c2ccc(C)cc2)cc1.